The van der Waals surface area contributed by atoms with Gasteiger partial charge in [0.05, 0.1) is 0 Å². The summed E-state index contributed by atoms with van der Waals surface area (Å²) in [6, 6.07) is 0. The van der Waals surface area contributed by atoms with Crippen molar-refractivity contribution in [1.29, 1.82) is 0 Å². The molecule has 0 aliphatic carbocycles. The Morgan fingerprint density at radius 2 is 1.83 bits per heavy atom. The fraction of sp³-hybridized carbons (Fsp3) is 1.00. The van der Waals surface area contributed by atoms with Gasteiger partial charge in [-0.15, -0.1) is 0 Å². The van der Waals surface area contributed by atoms with E-state index in [-0.39, 0.29) is 5.41 Å². The Bertz CT molecular complexity index is 226. The van der Waals surface area contributed by atoms with Crippen molar-refractivity contribution in [2.75, 3.05) is 0 Å². The van der Waals surface area contributed by atoms with E-state index in [4.69, 9.17) is 4.55 Å². The quantitative estimate of drug-likeness (QED) is 0.555. The normalized spacial score (nSPS) is 16.1. The fourth-order valence-corrected chi connectivity index (χ4v) is 1.25. The highest BCUT2D eigenvalue weighted by atomic mass is 32.3. The van der Waals surface area contributed by atoms with Gasteiger partial charge in [0, 0.05) is 0 Å². The van der Waals surface area contributed by atoms with Crippen LogP contribution in [0.2, 0.25) is 0 Å². The zero-order valence-electron chi connectivity index (χ0n) is 7.61. The van der Waals surface area contributed by atoms with Crippen LogP contribution in [-0.2, 0) is 10.1 Å². The fourth-order valence-electron chi connectivity index (χ4n) is 0.705. The average Bonchev–Trinajstić information content (AvgIpc) is 1.78. The minimum Gasteiger partial charge on any atom is -0.285 e. The summed E-state index contributed by atoms with van der Waals surface area (Å²) in [5.41, 5.74) is 0.0751. The Hall–Kier alpha value is 0.260. The van der Waals surface area contributed by atoms with Gasteiger partial charge in [0.15, 0.2) is 0 Å². The van der Waals surface area contributed by atoms with Gasteiger partial charge in [-0.3, -0.25) is 4.55 Å². The maximum Gasteiger partial charge on any atom is 0.276 e. The summed E-state index contributed by atoms with van der Waals surface area (Å²) in [6.07, 6.45) is 1.10. The van der Waals surface area contributed by atoms with Crippen molar-refractivity contribution in [1.82, 2.24) is 0 Å². The highest BCUT2D eigenvalue weighted by Crippen LogP contribution is 2.24. The van der Waals surface area contributed by atoms with Crippen molar-refractivity contribution in [2.24, 2.45) is 5.41 Å². The molecule has 0 saturated heterocycles. The highest BCUT2D eigenvalue weighted by molar-refractivity contribution is 8.01. The molecular formula is C7H16O3S2. The van der Waals surface area contributed by atoms with Crippen LogP contribution in [0.3, 0.4) is 0 Å². The molecule has 1 unspecified atom stereocenters. The molecule has 0 spiro atoms. The Morgan fingerprint density at radius 3 is 2.08 bits per heavy atom. The molecule has 5 heteroatoms. The number of thiol groups is 1. The second kappa shape index (κ2) is 3.98. The monoisotopic (exact) mass is 212 g/mol. The lowest BCUT2D eigenvalue weighted by Gasteiger charge is -2.19. The molecule has 74 valence electrons. The predicted octanol–water partition coefficient (Wildman–Crippen LogP) is 1.96. The smallest absolute Gasteiger partial charge is 0.276 e. The molecule has 0 bridgehead atoms. The summed E-state index contributed by atoms with van der Waals surface area (Å²) < 4.78 is 28.7. The number of rotatable bonds is 3. The number of hydrogen-bond donors (Lipinski definition) is 2. The second-order valence-corrected chi connectivity index (χ2v) is 6.64. The summed E-state index contributed by atoms with van der Waals surface area (Å²) in [7, 11) is -3.96. The molecule has 0 aromatic rings. The van der Waals surface area contributed by atoms with Gasteiger partial charge in [-0.05, 0) is 18.3 Å². The second-order valence-electron chi connectivity index (χ2n) is 4.07. The van der Waals surface area contributed by atoms with Gasteiger partial charge < -0.3 is 0 Å². The van der Waals surface area contributed by atoms with E-state index in [0.29, 0.717) is 6.42 Å². The minimum absolute atomic E-state index is 0.0751. The molecule has 1 atom stereocenters. The summed E-state index contributed by atoms with van der Waals surface area (Å²) in [6.45, 7) is 6.03. The predicted molar refractivity (Wildman–Crippen MR) is 53.0 cm³/mol. The zero-order valence-corrected chi connectivity index (χ0v) is 9.32. The van der Waals surface area contributed by atoms with Crippen molar-refractivity contribution >= 4 is 22.7 Å². The zero-order chi connectivity index (χ0) is 9.99. The maximum atomic E-state index is 10.5. The molecule has 0 amide bonds. The Balaban J connectivity index is 3.98. The van der Waals surface area contributed by atoms with Crippen LogP contribution in [0.1, 0.15) is 33.6 Å². The first kappa shape index (κ1) is 12.3. The first-order valence-electron chi connectivity index (χ1n) is 3.77. The van der Waals surface area contributed by atoms with E-state index >= 15 is 0 Å². The summed E-state index contributed by atoms with van der Waals surface area (Å²) in [5.74, 6) is 0. The Kier molecular flexibility index (Phi) is 4.07. The largest absolute Gasteiger partial charge is 0.285 e. The molecule has 3 nitrogen and oxygen atoms in total. The number of hydrogen-bond acceptors (Lipinski definition) is 3. The van der Waals surface area contributed by atoms with Gasteiger partial charge in [-0.2, -0.15) is 21.0 Å². The standard InChI is InChI=1S/C7H16O3S2/c1-7(2,3)5-4-6(11)12(8,9)10/h6,11H,4-5H2,1-3H3,(H,8,9,10). The lowest BCUT2D eigenvalue weighted by Crippen LogP contribution is -2.17. The van der Waals surface area contributed by atoms with Crippen molar-refractivity contribution in [3.05, 3.63) is 0 Å². The van der Waals surface area contributed by atoms with E-state index in [1.807, 2.05) is 20.8 Å². The highest BCUT2D eigenvalue weighted by Gasteiger charge is 2.21. The third-order valence-electron chi connectivity index (χ3n) is 1.49. The van der Waals surface area contributed by atoms with Crippen LogP contribution in [-0.4, -0.2) is 17.6 Å². The molecule has 1 N–H and O–H groups in total. The first-order valence-corrected chi connectivity index (χ1v) is 5.79. The minimum atomic E-state index is -3.96. The van der Waals surface area contributed by atoms with Gasteiger partial charge in [0.25, 0.3) is 10.1 Å². The van der Waals surface area contributed by atoms with Crippen LogP contribution >= 0.6 is 12.6 Å². The molecule has 0 aliphatic heterocycles. The van der Waals surface area contributed by atoms with E-state index in [1.165, 1.54) is 0 Å². The van der Waals surface area contributed by atoms with Gasteiger partial charge in [-0.1, -0.05) is 20.8 Å². The summed E-state index contributed by atoms with van der Waals surface area (Å²) >= 11 is 3.78. The molecule has 0 saturated carbocycles. The van der Waals surface area contributed by atoms with Crippen LogP contribution in [0.25, 0.3) is 0 Å². The van der Waals surface area contributed by atoms with E-state index in [9.17, 15) is 8.42 Å². The van der Waals surface area contributed by atoms with Gasteiger partial charge in [0.2, 0.25) is 0 Å². The molecule has 0 rings (SSSR count). The van der Waals surface area contributed by atoms with Crippen LogP contribution in [0.15, 0.2) is 0 Å². The maximum absolute atomic E-state index is 10.5. The van der Waals surface area contributed by atoms with Crippen molar-refractivity contribution in [3.63, 3.8) is 0 Å². The van der Waals surface area contributed by atoms with E-state index in [2.05, 4.69) is 12.6 Å². The van der Waals surface area contributed by atoms with E-state index in [0.717, 1.165) is 6.42 Å². The molecule has 0 heterocycles. The van der Waals surface area contributed by atoms with Crippen LogP contribution in [0, 0.1) is 5.41 Å². The van der Waals surface area contributed by atoms with E-state index in [1.54, 1.807) is 0 Å². The van der Waals surface area contributed by atoms with Crippen LogP contribution in [0.5, 0.6) is 0 Å². The van der Waals surface area contributed by atoms with Gasteiger partial charge in [-0.25, -0.2) is 0 Å². The van der Waals surface area contributed by atoms with Crippen LogP contribution in [0.4, 0.5) is 0 Å². The topological polar surface area (TPSA) is 54.4 Å². The lowest BCUT2D eigenvalue weighted by atomic mass is 9.91. The third-order valence-corrected chi connectivity index (χ3v) is 3.47. The third kappa shape index (κ3) is 5.85. The summed E-state index contributed by atoms with van der Waals surface area (Å²) in [5, 5.41) is 0. The molecular weight excluding hydrogens is 196 g/mol. The Morgan fingerprint density at radius 1 is 1.42 bits per heavy atom. The van der Waals surface area contributed by atoms with Crippen molar-refractivity contribution in [2.45, 2.75) is 38.2 Å². The first-order chi connectivity index (χ1) is 5.13. The van der Waals surface area contributed by atoms with Crippen molar-refractivity contribution < 1.29 is 13.0 Å². The molecule has 12 heavy (non-hydrogen) atoms. The molecule has 0 aromatic carbocycles. The lowest BCUT2D eigenvalue weighted by molar-refractivity contribution is 0.367. The van der Waals surface area contributed by atoms with Crippen LogP contribution < -0.4 is 0 Å². The molecule has 0 fully saturated rings. The van der Waals surface area contributed by atoms with Gasteiger partial charge in [0.1, 0.15) is 4.58 Å². The molecule has 0 aromatic heterocycles. The molecule has 0 radical (unpaired) electrons. The van der Waals surface area contributed by atoms with Crippen molar-refractivity contribution in [3.8, 4) is 0 Å². The summed E-state index contributed by atoms with van der Waals surface area (Å²) in [4.78, 5) is 0. The SMILES string of the molecule is CC(C)(C)CCC(S)S(=O)(=O)O. The van der Waals surface area contributed by atoms with Gasteiger partial charge >= 0.3 is 0 Å². The molecule has 0 aliphatic rings. The average molecular weight is 212 g/mol. The van der Waals surface area contributed by atoms with E-state index < -0.39 is 14.7 Å². The Labute approximate surface area is 79.7 Å².